The average Bonchev–Trinajstić information content (AvgIpc) is 2.38. The van der Waals surface area contributed by atoms with E-state index in [0.29, 0.717) is 6.04 Å². The molecule has 2 nitrogen and oxygen atoms in total. The Balaban J connectivity index is 2.09. The summed E-state index contributed by atoms with van der Waals surface area (Å²) in [7, 11) is 0. The fraction of sp³-hybridized carbons (Fsp3) is 0.588. The molecule has 0 unspecified atom stereocenters. The van der Waals surface area contributed by atoms with Crippen LogP contribution in [0.25, 0.3) is 0 Å². The van der Waals surface area contributed by atoms with Crippen molar-refractivity contribution in [2.45, 2.75) is 64.3 Å². The molecule has 1 aliphatic rings. The number of benzene rings is 1. The van der Waals surface area contributed by atoms with Crippen molar-refractivity contribution in [1.82, 2.24) is 5.32 Å². The second-order valence-corrected chi connectivity index (χ2v) is 7.61. The molecule has 3 heteroatoms. The number of nitrogens with one attached hydrogen (secondary N) is 1. The summed E-state index contributed by atoms with van der Waals surface area (Å²) in [6.45, 7) is 6.53. The number of hydrogen-bond acceptors (Lipinski definition) is 1. The molecule has 0 atom stereocenters. The molecule has 1 N–H and O–H groups in total. The Bertz CT molecular complexity index is 484. The van der Waals surface area contributed by atoms with Crippen LogP contribution in [0, 0.1) is 0 Å². The standard InChI is InChI=1S/C17H24BrNO/c1-17(2,3)14-10-9-12(11-15(14)18)16(20)19-13-7-5-4-6-8-13/h9-11,13H,4-8H2,1-3H3,(H,19,20). The molecular formula is C17H24BrNO. The van der Waals surface area contributed by atoms with Crippen LogP contribution in [-0.4, -0.2) is 11.9 Å². The highest BCUT2D eigenvalue weighted by atomic mass is 79.9. The molecule has 1 aromatic carbocycles. The summed E-state index contributed by atoms with van der Waals surface area (Å²) in [5.74, 6) is 0.0538. The minimum Gasteiger partial charge on any atom is -0.349 e. The van der Waals surface area contributed by atoms with Gasteiger partial charge in [0.15, 0.2) is 0 Å². The van der Waals surface area contributed by atoms with Crippen molar-refractivity contribution in [2.75, 3.05) is 0 Å². The lowest BCUT2D eigenvalue weighted by molar-refractivity contribution is 0.0927. The lowest BCUT2D eigenvalue weighted by Crippen LogP contribution is -2.36. The zero-order chi connectivity index (χ0) is 14.8. The number of carbonyl (C=O) groups is 1. The van der Waals surface area contributed by atoms with E-state index in [2.05, 4.69) is 48.1 Å². The average molecular weight is 338 g/mol. The summed E-state index contributed by atoms with van der Waals surface area (Å²) in [6, 6.07) is 6.29. The first-order valence-corrected chi connectivity index (χ1v) is 8.28. The fourth-order valence-corrected chi connectivity index (χ4v) is 3.75. The molecule has 0 aromatic heterocycles. The highest BCUT2D eigenvalue weighted by Crippen LogP contribution is 2.30. The maximum atomic E-state index is 12.3. The van der Waals surface area contributed by atoms with Gasteiger partial charge in [-0.25, -0.2) is 0 Å². The Labute approximate surface area is 130 Å². The summed E-state index contributed by atoms with van der Waals surface area (Å²) in [5.41, 5.74) is 2.05. The predicted molar refractivity (Wildman–Crippen MR) is 87.2 cm³/mol. The molecule has 2 rings (SSSR count). The third-order valence-corrected chi connectivity index (χ3v) is 4.64. The van der Waals surface area contributed by atoms with Gasteiger partial charge in [0.2, 0.25) is 0 Å². The van der Waals surface area contributed by atoms with Gasteiger partial charge in [-0.2, -0.15) is 0 Å². The van der Waals surface area contributed by atoms with Gasteiger partial charge in [0.25, 0.3) is 5.91 Å². The molecule has 1 aromatic rings. The van der Waals surface area contributed by atoms with Crippen molar-refractivity contribution >= 4 is 21.8 Å². The lowest BCUT2D eigenvalue weighted by atomic mass is 9.86. The zero-order valence-corrected chi connectivity index (χ0v) is 14.2. The van der Waals surface area contributed by atoms with Crippen LogP contribution in [0.2, 0.25) is 0 Å². The predicted octanol–water partition coefficient (Wildman–Crippen LogP) is 4.81. The van der Waals surface area contributed by atoms with Crippen molar-refractivity contribution in [3.63, 3.8) is 0 Å². The van der Waals surface area contributed by atoms with E-state index < -0.39 is 0 Å². The van der Waals surface area contributed by atoms with Gasteiger partial charge in [0.1, 0.15) is 0 Å². The van der Waals surface area contributed by atoms with Crippen LogP contribution in [0.5, 0.6) is 0 Å². The van der Waals surface area contributed by atoms with Crippen molar-refractivity contribution in [1.29, 1.82) is 0 Å². The minimum atomic E-state index is 0.0538. The first-order chi connectivity index (χ1) is 9.38. The molecule has 0 heterocycles. The summed E-state index contributed by atoms with van der Waals surface area (Å²) < 4.78 is 1.02. The van der Waals surface area contributed by atoms with Crippen molar-refractivity contribution in [2.24, 2.45) is 0 Å². The lowest BCUT2D eigenvalue weighted by Gasteiger charge is -2.24. The van der Waals surface area contributed by atoms with E-state index in [0.717, 1.165) is 22.9 Å². The van der Waals surface area contributed by atoms with Crippen LogP contribution in [0.3, 0.4) is 0 Å². The van der Waals surface area contributed by atoms with Crippen LogP contribution in [0.15, 0.2) is 22.7 Å². The maximum absolute atomic E-state index is 12.3. The third-order valence-electron chi connectivity index (χ3n) is 3.98. The molecule has 0 saturated heterocycles. The van der Waals surface area contributed by atoms with Gasteiger partial charge in [-0.1, -0.05) is 62.0 Å². The summed E-state index contributed by atoms with van der Waals surface area (Å²) in [5, 5.41) is 3.16. The quantitative estimate of drug-likeness (QED) is 0.824. The first kappa shape index (κ1) is 15.6. The zero-order valence-electron chi connectivity index (χ0n) is 12.6. The molecular weight excluding hydrogens is 314 g/mol. The summed E-state index contributed by atoms with van der Waals surface area (Å²) >= 11 is 3.60. The number of rotatable bonds is 2. The van der Waals surface area contributed by atoms with Gasteiger partial charge in [0, 0.05) is 16.1 Å². The van der Waals surface area contributed by atoms with E-state index in [1.807, 2.05) is 12.1 Å². The van der Waals surface area contributed by atoms with Gasteiger partial charge in [0.05, 0.1) is 0 Å². The van der Waals surface area contributed by atoms with E-state index in [9.17, 15) is 4.79 Å². The summed E-state index contributed by atoms with van der Waals surface area (Å²) in [6.07, 6.45) is 6.01. The van der Waals surface area contributed by atoms with Gasteiger partial charge in [-0.05, 0) is 36.0 Å². The van der Waals surface area contributed by atoms with Crippen LogP contribution >= 0.6 is 15.9 Å². The third kappa shape index (κ3) is 3.85. The van der Waals surface area contributed by atoms with Crippen LogP contribution < -0.4 is 5.32 Å². The van der Waals surface area contributed by atoms with Crippen LogP contribution in [0.4, 0.5) is 0 Å². The van der Waals surface area contributed by atoms with Crippen molar-refractivity contribution in [3.8, 4) is 0 Å². The first-order valence-electron chi connectivity index (χ1n) is 7.49. The number of amides is 1. The second kappa shape index (κ2) is 6.30. The smallest absolute Gasteiger partial charge is 0.251 e. The molecule has 1 saturated carbocycles. The second-order valence-electron chi connectivity index (χ2n) is 6.75. The molecule has 1 fully saturated rings. The highest BCUT2D eigenvalue weighted by Gasteiger charge is 2.20. The van der Waals surface area contributed by atoms with E-state index in [1.165, 1.54) is 24.8 Å². The van der Waals surface area contributed by atoms with Crippen LogP contribution in [-0.2, 0) is 5.41 Å². The Morgan fingerprint density at radius 1 is 1.20 bits per heavy atom. The largest absolute Gasteiger partial charge is 0.349 e. The molecule has 0 aliphatic heterocycles. The van der Waals surface area contributed by atoms with E-state index in [4.69, 9.17) is 0 Å². The Morgan fingerprint density at radius 2 is 1.85 bits per heavy atom. The highest BCUT2D eigenvalue weighted by molar-refractivity contribution is 9.10. The van der Waals surface area contributed by atoms with Gasteiger partial charge >= 0.3 is 0 Å². The van der Waals surface area contributed by atoms with Crippen LogP contribution in [0.1, 0.15) is 68.8 Å². The molecule has 110 valence electrons. The van der Waals surface area contributed by atoms with E-state index in [-0.39, 0.29) is 11.3 Å². The van der Waals surface area contributed by atoms with E-state index >= 15 is 0 Å². The molecule has 20 heavy (non-hydrogen) atoms. The molecule has 1 aliphatic carbocycles. The Kier molecular flexibility index (Phi) is 4.90. The van der Waals surface area contributed by atoms with Crippen molar-refractivity contribution < 1.29 is 4.79 Å². The van der Waals surface area contributed by atoms with Crippen molar-refractivity contribution in [3.05, 3.63) is 33.8 Å². The number of carbonyl (C=O) groups excluding carboxylic acids is 1. The molecule has 1 amide bonds. The molecule has 0 bridgehead atoms. The van der Waals surface area contributed by atoms with Gasteiger partial charge in [-0.15, -0.1) is 0 Å². The summed E-state index contributed by atoms with van der Waals surface area (Å²) in [4.78, 5) is 12.3. The minimum absolute atomic E-state index is 0.0538. The number of halogens is 1. The monoisotopic (exact) mass is 337 g/mol. The molecule has 0 radical (unpaired) electrons. The number of hydrogen-bond donors (Lipinski definition) is 1. The molecule has 0 spiro atoms. The van der Waals surface area contributed by atoms with Gasteiger partial charge in [-0.3, -0.25) is 4.79 Å². The maximum Gasteiger partial charge on any atom is 0.251 e. The van der Waals surface area contributed by atoms with E-state index in [1.54, 1.807) is 0 Å². The SMILES string of the molecule is CC(C)(C)c1ccc(C(=O)NC2CCCCC2)cc1Br. The Morgan fingerprint density at radius 3 is 2.40 bits per heavy atom. The Hall–Kier alpha value is -0.830. The fourth-order valence-electron chi connectivity index (χ4n) is 2.78. The normalized spacial score (nSPS) is 17.0. The van der Waals surface area contributed by atoms with Gasteiger partial charge < -0.3 is 5.32 Å². The topological polar surface area (TPSA) is 29.1 Å².